The average molecular weight is 496 g/mol. The van der Waals surface area contributed by atoms with Crippen LogP contribution in [0.4, 0.5) is 10.3 Å². The van der Waals surface area contributed by atoms with Crippen LogP contribution in [0.1, 0.15) is 31.9 Å². The van der Waals surface area contributed by atoms with E-state index in [9.17, 15) is 14.0 Å². The molecule has 0 spiro atoms. The normalized spacial score (nSPS) is 22.6. The van der Waals surface area contributed by atoms with Crippen LogP contribution in [0.15, 0.2) is 36.5 Å². The fourth-order valence-electron chi connectivity index (χ4n) is 3.82. The number of nitrogens with one attached hydrogen (secondary N) is 2. The first-order chi connectivity index (χ1) is 17.2. The molecule has 1 aromatic carbocycles. The van der Waals surface area contributed by atoms with Crippen molar-refractivity contribution < 1.29 is 28.2 Å². The third-order valence-electron chi connectivity index (χ3n) is 6.24. The maximum Gasteiger partial charge on any atom is 0.317 e. The number of carbonyl (C=O) groups excluding carboxylic acids is 2. The predicted octanol–water partition coefficient (Wildman–Crippen LogP) is 2.33. The van der Waals surface area contributed by atoms with Crippen molar-refractivity contribution in [3.05, 3.63) is 48.2 Å². The van der Waals surface area contributed by atoms with Crippen molar-refractivity contribution in [1.29, 1.82) is 0 Å². The van der Waals surface area contributed by atoms with Crippen molar-refractivity contribution in [2.75, 3.05) is 25.6 Å². The predicted molar refractivity (Wildman–Crippen MR) is 125 cm³/mol. The van der Waals surface area contributed by atoms with Crippen LogP contribution in [0.3, 0.4) is 0 Å². The van der Waals surface area contributed by atoms with Gasteiger partial charge in [0.05, 0.1) is 30.3 Å². The lowest BCUT2D eigenvalue weighted by molar-refractivity contribution is -0.240. The van der Waals surface area contributed by atoms with Crippen molar-refractivity contribution in [3.8, 4) is 22.6 Å². The number of hydrogen-bond acceptors (Lipinski definition) is 9. The minimum absolute atomic E-state index is 0.0231. The number of amides is 1. The molecule has 5 rings (SSSR count). The fourth-order valence-corrected chi connectivity index (χ4v) is 3.82. The summed E-state index contributed by atoms with van der Waals surface area (Å²) >= 11 is 0. The SMILES string of the molecule is CNc1nccc(-c2[nH]c(C3OCC(C)(C(=O)OC4(C(N)=O)CC4)CO3)nc2-c2ccc(F)cc2)n1. The third kappa shape index (κ3) is 4.40. The number of aromatic amines is 1. The van der Waals surface area contributed by atoms with Gasteiger partial charge in [0.1, 0.15) is 11.2 Å². The highest BCUT2D eigenvalue weighted by Crippen LogP contribution is 2.42. The number of hydrogen-bond donors (Lipinski definition) is 3. The van der Waals surface area contributed by atoms with Gasteiger partial charge in [-0.2, -0.15) is 0 Å². The molecule has 1 saturated heterocycles. The van der Waals surface area contributed by atoms with Gasteiger partial charge in [-0.25, -0.2) is 19.3 Å². The molecule has 0 unspecified atom stereocenters. The number of esters is 1. The molecule has 3 aromatic rings. The van der Waals surface area contributed by atoms with Gasteiger partial charge in [0.15, 0.2) is 11.4 Å². The number of ether oxygens (including phenoxy) is 3. The number of aromatic nitrogens is 4. The second-order valence-corrected chi connectivity index (χ2v) is 9.13. The number of H-pyrrole nitrogens is 1. The molecule has 0 bridgehead atoms. The summed E-state index contributed by atoms with van der Waals surface area (Å²) in [6.07, 6.45) is 1.52. The number of primary amides is 1. The lowest BCUT2D eigenvalue weighted by Crippen LogP contribution is -2.47. The van der Waals surface area contributed by atoms with E-state index in [2.05, 4.69) is 25.3 Å². The molecule has 0 radical (unpaired) electrons. The maximum atomic E-state index is 13.5. The number of benzene rings is 1. The molecule has 2 aromatic heterocycles. The largest absolute Gasteiger partial charge is 0.448 e. The molecule has 11 nitrogen and oxygen atoms in total. The first-order valence-electron chi connectivity index (χ1n) is 11.4. The van der Waals surface area contributed by atoms with E-state index in [0.717, 1.165) is 0 Å². The Bertz CT molecular complexity index is 1300. The molecule has 12 heteroatoms. The van der Waals surface area contributed by atoms with Gasteiger partial charge in [0, 0.05) is 31.6 Å². The van der Waals surface area contributed by atoms with Gasteiger partial charge in [-0.3, -0.25) is 9.59 Å². The van der Waals surface area contributed by atoms with E-state index in [0.29, 0.717) is 47.3 Å². The number of anilines is 1. The molecule has 0 atom stereocenters. The van der Waals surface area contributed by atoms with Crippen LogP contribution in [0.5, 0.6) is 0 Å². The van der Waals surface area contributed by atoms with Crippen molar-refractivity contribution in [2.45, 2.75) is 31.7 Å². The first kappa shape index (κ1) is 23.8. The Kier molecular flexibility index (Phi) is 5.92. The second-order valence-electron chi connectivity index (χ2n) is 9.13. The Balaban J connectivity index is 1.40. The minimum Gasteiger partial charge on any atom is -0.448 e. The van der Waals surface area contributed by atoms with Crippen molar-refractivity contribution in [2.24, 2.45) is 11.1 Å². The van der Waals surface area contributed by atoms with Crippen molar-refractivity contribution in [3.63, 3.8) is 0 Å². The Morgan fingerprint density at radius 3 is 2.47 bits per heavy atom. The summed E-state index contributed by atoms with van der Waals surface area (Å²) in [4.78, 5) is 40.9. The van der Waals surface area contributed by atoms with E-state index >= 15 is 0 Å². The van der Waals surface area contributed by atoms with Crippen LogP contribution in [0.25, 0.3) is 22.6 Å². The van der Waals surface area contributed by atoms with E-state index in [1.165, 1.54) is 12.1 Å². The Labute approximate surface area is 205 Å². The zero-order valence-electron chi connectivity index (χ0n) is 19.7. The van der Waals surface area contributed by atoms with E-state index in [1.54, 1.807) is 38.4 Å². The molecule has 36 heavy (non-hydrogen) atoms. The van der Waals surface area contributed by atoms with Crippen molar-refractivity contribution >= 4 is 17.8 Å². The van der Waals surface area contributed by atoms with E-state index in [4.69, 9.17) is 19.9 Å². The second kappa shape index (κ2) is 8.95. The van der Waals surface area contributed by atoms with Gasteiger partial charge < -0.3 is 30.2 Å². The molecular weight excluding hydrogens is 471 g/mol. The summed E-state index contributed by atoms with van der Waals surface area (Å²) in [6.45, 7) is 1.59. The average Bonchev–Trinajstić information content (AvgIpc) is 3.54. The molecule has 4 N–H and O–H groups in total. The minimum atomic E-state index is -1.22. The zero-order chi connectivity index (χ0) is 25.5. The Morgan fingerprint density at radius 1 is 1.17 bits per heavy atom. The highest BCUT2D eigenvalue weighted by Gasteiger charge is 2.55. The monoisotopic (exact) mass is 496 g/mol. The fraction of sp³-hybridized carbons (Fsp3) is 0.375. The number of halogens is 1. The molecule has 188 valence electrons. The molecule has 3 heterocycles. The van der Waals surface area contributed by atoms with Gasteiger partial charge in [0.2, 0.25) is 12.2 Å². The molecule has 1 amide bonds. The quantitative estimate of drug-likeness (QED) is 0.418. The van der Waals surface area contributed by atoms with Crippen LogP contribution in [0.2, 0.25) is 0 Å². The molecule has 1 aliphatic carbocycles. The summed E-state index contributed by atoms with van der Waals surface area (Å²) in [5.74, 6) is -0.870. The molecular formula is C24H25FN6O5. The molecule has 2 aliphatic rings. The van der Waals surface area contributed by atoms with Crippen LogP contribution in [0, 0.1) is 11.2 Å². The van der Waals surface area contributed by atoms with E-state index in [-0.39, 0.29) is 19.0 Å². The summed E-state index contributed by atoms with van der Waals surface area (Å²) in [7, 11) is 1.71. The van der Waals surface area contributed by atoms with Gasteiger partial charge >= 0.3 is 5.97 Å². The van der Waals surface area contributed by atoms with E-state index in [1.807, 2.05) is 0 Å². The summed E-state index contributed by atoms with van der Waals surface area (Å²) in [5.41, 5.74) is 5.31. The molecule has 1 saturated carbocycles. The highest BCUT2D eigenvalue weighted by molar-refractivity contribution is 5.90. The number of imidazole rings is 1. The standard InChI is InChI=1S/C24H25FN6O5/c1-23(21(33)36-24(8-9-24)20(26)32)11-34-19(35-12-23)18-30-16(13-3-5-14(25)6-4-13)17(31-18)15-7-10-28-22(27-2)29-15/h3-7,10,19H,8-9,11-12H2,1-2H3,(H2,26,32)(H,30,31)(H,27,28,29). The van der Waals surface area contributed by atoms with Gasteiger partial charge in [-0.15, -0.1) is 0 Å². The third-order valence-corrected chi connectivity index (χ3v) is 6.24. The Hall–Kier alpha value is -3.90. The lowest BCUT2D eigenvalue weighted by atomic mass is 9.92. The summed E-state index contributed by atoms with van der Waals surface area (Å²) < 4.78 is 30.7. The number of rotatable bonds is 7. The summed E-state index contributed by atoms with van der Waals surface area (Å²) in [5, 5.41) is 2.89. The topological polar surface area (TPSA) is 154 Å². The molecule has 2 fully saturated rings. The smallest absolute Gasteiger partial charge is 0.317 e. The number of carbonyl (C=O) groups is 2. The van der Waals surface area contributed by atoms with Crippen LogP contribution in [-0.4, -0.2) is 57.7 Å². The van der Waals surface area contributed by atoms with E-state index < -0.39 is 29.2 Å². The van der Waals surface area contributed by atoms with Gasteiger partial charge in [-0.1, -0.05) is 0 Å². The van der Waals surface area contributed by atoms with Crippen LogP contribution < -0.4 is 11.1 Å². The van der Waals surface area contributed by atoms with Crippen LogP contribution >= 0.6 is 0 Å². The summed E-state index contributed by atoms with van der Waals surface area (Å²) in [6, 6.07) is 7.63. The Morgan fingerprint density at radius 2 is 1.86 bits per heavy atom. The zero-order valence-corrected chi connectivity index (χ0v) is 19.7. The van der Waals surface area contributed by atoms with Crippen molar-refractivity contribution in [1.82, 2.24) is 19.9 Å². The first-order valence-corrected chi connectivity index (χ1v) is 11.4. The van der Waals surface area contributed by atoms with Gasteiger partial charge in [0.25, 0.3) is 5.91 Å². The highest BCUT2D eigenvalue weighted by atomic mass is 19.1. The number of nitrogens with two attached hydrogens (primary N) is 1. The maximum absolute atomic E-state index is 13.5. The lowest BCUT2D eigenvalue weighted by Gasteiger charge is -2.35. The van der Waals surface area contributed by atoms with Crippen LogP contribution in [-0.2, 0) is 23.8 Å². The number of nitrogens with zero attached hydrogens (tertiary/aromatic N) is 3. The molecule has 1 aliphatic heterocycles. The van der Waals surface area contributed by atoms with Gasteiger partial charge in [-0.05, 0) is 37.3 Å².